The summed E-state index contributed by atoms with van der Waals surface area (Å²) in [7, 11) is 0. The normalized spacial score (nSPS) is 13.2. The van der Waals surface area contributed by atoms with Gasteiger partial charge in [-0.3, -0.25) is 0 Å². The van der Waals surface area contributed by atoms with E-state index in [9.17, 15) is 13.2 Å². The molecule has 0 aliphatic heterocycles. The summed E-state index contributed by atoms with van der Waals surface area (Å²) < 4.78 is 38.3. The van der Waals surface area contributed by atoms with Crippen LogP contribution in [0.4, 0.5) is 13.2 Å². The molecule has 3 heteroatoms. The Balaban J connectivity index is 2.32. The first-order valence-electron chi connectivity index (χ1n) is 8.58. The smallest absolute Gasteiger partial charge is 0.166 e. The zero-order chi connectivity index (χ0) is 19.0. The number of hydrogen-bond acceptors (Lipinski definition) is 0. The Morgan fingerprint density at radius 2 is 1.20 bits per heavy atom. The summed E-state index contributed by atoms with van der Waals surface area (Å²) in [6.45, 7) is 12.8. The molecule has 0 aliphatic carbocycles. The van der Waals surface area contributed by atoms with Crippen LogP contribution in [-0.2, 0) is 23.4 Å². The Kier molecular flexibility index (Phi) is 5.09. The predicted octanol–water partition coefficient (Wildman–Crippen LogP) is 6.83. The number of hydrogen-bond donors (Lipinski definition) is 0. The average molecular weight is 348 g/mol. The van der Waals surface area contributed by atoms with Crippen LogP contribution in [0.25, 0.3) is 0 Å². The second-order valence-corrected chi connectivity index (χ2v) is 8.53. The van der Waals surface area contributed by atoms with Gasteiger partial charge in [-0.05, 0) is 58.6 Å². The van der Waals surface area contributed by atoms with E-state index < -0.39 is 11.7 Å². The highest BCUT2D eigenvalue weighted by Gasteiger charge is 2.31. The largest absolute Gasteiger partial charge is 0.416 e. The van der Waals surface area contributed by atoms with Gasteiger partial charge in [-0.2, -0.15) is 13.2 Å². The van der Waals surface area contributed by atoms with E-state index in [-0.39, 0.29) is 10.8 Å². The van der Waals surface area contributed by atoms with Crippen LogP contribution in [0.2, 0.25) is 0 Å². The molecule has 0 nitrogen and oxygen atoms in total. The first kappa shape index (κ1) is 19.6. The summed E-state index contributed by atoms with van der Waals surface area (Å²) >= 11 is 0. The topological polar surface area (TPSA) is 0 Å². The third-order valence-electron chi connectivity index (χ3n) is 4.84. The first-order chi connectivity index (χ1) is 11.3. The lowest BCUT2D eigenvalue weighted by Crippen LogP contribution is -2.22. The number of benzene rings is 2. The molecule has 2 aromatic carbocycles. The molecule has 0 aromatic heterocycles. The maximum Gasteiger partial charge on any atom is 0.416 e. The third-order valence-corrected chi connectivity index (χ3v) is 4.84. The minimum atomic E-state index is -4.29. The lowest BCUT2D eigenvalue weighted by Gasteiger charge is -2.28. The molecule has 0 spiro atoms. The minimum absolute atomic E-state index is 0.0704. The molecule has 0 unspecified atom stereocenters. The number of rotatable bonds is 3. The highest BCUT2D eigenvalue weighted by molar-refractivity contribution is 5.38. The molecule has 0 amide bonds. The van der Waals surface area contributed by atoms with Gasteiger partial charge in [-0.25, -0.2) is 0 Å². The molecule has 0 N–H and O–H groups in total. The van der Waals surface area contributed by atoms with Gasteiger partial charge in [0.1, 0.15) is 0 Å². The van der Waals surface area contributed by atoms with E-state index in [2.05, 4.69) is 59.7 Å². The fourth-order valence-corrected chi connectivity index (χ4v) is 3.02. The lowest BCUT2D eigenvalue weighted by molar-refractivity contribution is -0.137. The average Bonchev–Trinajstić information content (AvgIpc) is 2.47. The van der Waals surface area contributed by atoms with Gasteiger partial charge in [0.05, 0.1) is 5.56 Å². The summed E-state index contributed by atoms with van der Waals surface area (Å²) in [5.41, 5.74) is 3.88. The second-order valence-electron chi connectivity index (χ2n) is 8.53. The molecular weight excluding hydrogens is 321 g/mol. The first-order valence-corrected chi connectivity index (χ1v) is 8.58. The van der Waals surface area contributed by atoms with Crippen LogP contribution in [0.1, 0.15) is 62.4 Å². The van der Waals surface area contributed by atoms with Crippen molar-refractivity contribution in [3.8, 4) is 0 Å². The van der Waals surface area contributed by atoms with Crippen molar-refractivity contribution in [1.82, 2.24) is 0 Å². The lowest BCUT2D eigenvalue weighted by atomic mass is 9.76. The van der Waals surface area contributed by atoms with Gasteiger partial charge >= 0.3 is 6.18 Å². The van der Waals surface area contributed by atoms with Crippen molar-refractivity contribution in [1.29, 1.82) is 0 Å². The molecule has 136 valence electrons. The molecule has 0 saturated carbocycles. The maximum atomic E-state index is 12.8. The van der Waals surface area contributed by atoms with Crippen LogP contribution in [0.3, 0.4) is 0 Å². The summed E-state index contributed by atoms with van der Waals surface area (Å²) in [4.78, 5) is 0. The van der Waals surface area contributed by atoms with E-state index in [1.807, 2.05) is 0 Å². The van der Waals surface area contributed by atoms with E-state index in [0.29, 0.717) is 0 Å². The number of halogens is 3. The molecule has 0 atom stereocenters. The third kappa shape index (κ3) is 4.65. The van der Waals surface area contributed by atoms with Crippen LogP contribution in [-0.4, -0.2) is 0 Å². The van der Waals surface area contributed by atoms with Crippen molar-refractivity contribution in [2.75, 3.05) is 0 Å². The van der Waals surface area contributed by atoms with E-state index >= 15 is 0 Å². The standard InChI is InChI=1S/C22H27F3/c1-15-7-8-19(20(2,3)4)13-16(15)14-21(5,6)17-9-11-18(12-10-17)22(23,24)25/h7-13H,14H2,1-6H3. The molecule has 0 fully saturated rings. The van der Waals surface area contributed by atoms with Crippen LogP contribution < -0.4 is 0 Å². The monoisotopic (exact) mass is 348 g/mol. The summed E-state index contributed by atoms with van der Waals surface area (Å²) in [5.74, 6) is 0. The Hall–Kier alpha value is -1.77. The molecule has 2 rings (SSSR count). The molecule has 0 bridgehead atoms. The van der Waals surface area contributed by atoms with Crippen molar-refractivity contribution in [2.45, 2.75) is 65.0 Å². The Bertz CT molecular complexity index is 729. The summed E-state index contributed by atoms with van der Waals surface area (Å²) in [5, 5.41) is 0. The van der Waals surface area contributed by atoms with Gasteiger partial charge in [-0.1, -0.05) is 65.0 Å². The predicted molar refractivity (Wildman–Crippen MR) is 98.1 cm³/mol. The molecule has 0 heterocycles. The van der Waals surface area contributed by atoms with E-state index in [1.165, 1.54) is 28.8 Å². The quantitative estimate of drug-likeness (QED) is 0.570. The molecule has 0 radical (unpaired) electrons. The van der Waals surface area contributed by atoms with Gasteiger partial charge in [0.25, 0.3) is 0 Å². The van der Waals surface area contributed by atoms with Crippen molar-refractivity contribution in [3.05, 3.63) is 70.3 Å². The molecule has 25 heavy (non-hydrogen) atoms. The van der Waals surface area contributed by atoms with E-state index in [1.54, 1.807) is 12.1 Å². The second kappa shape index (κ2) is 6.51. The van der Waals surface area contributed by atoms with Crippen molar-refractivity contribution < 1.29 is 13.2 Å². The van der Waals surface area contributed by atoms with Crippen molar-refractivity contribution in [3.63, 3.8) is 0 Å². The van der Waals surface area contributed by atoms with Crippen molar-refractivity contribution in [2.24, 2.45) is 0 Å². The molecular formula is C22H27F3. The Labute approximate surface area is 149 Å². The maximum absolute atomic E-state index is 12.8. The summed E-state index contributed by atoms with van der Waals surface area (Å²) in [6, 6.07) is 12.1. The Morgan fingerprint density at radius 1 is 0.720 bits per heavy atom. The molecule has 0 aliphatic rings. The number of aryl methyl sites for hydroxylation is 1. The van der Waals surface area contributed by atoms with Crippen LogP contribution in [0, 0.1) is 6.92 Å². The Morgan fingerprint density at radius 3 is 1.68 bits per heavy atom. The van der Waals surface area contributed by atoms with Crippen LogP contribution >= 0.6 is 0 Å². The zero-order valence-corrected chi connectivity index (χ0v) is 15.9. The molecule has 2 aromatic rings. The van der Waals surface area contributed by atoms with Crippen LogP contribution in [0.5, 0.6) is 0 Å². The van der Waals surface area contributed by atoms with Gasteiger partial charge in [-0.15, -0.1) is 0 Å². The zero-order valence-electron chi connectivity index (χ0n) is 15.9. The van der Waals surface area contributed by atoms with Gasteiger partial charge in [0.15, 0.2) is 0 Å². The fourth-order valence-electron chi connectivity index (χ4n) is 3.02. The highest BCUT2D eigenvalue weighted by Crippen LogP contribution is 2.34. The number of alkyl halides is 3. The van der Waals surface area contributed by atoms with E-state index in [0.717, 1.165) is 12.0 Å². The minimum Gasteiger partial charge on any atom is -0.166 e. The van der Waals surface area contributed by atoms with E-state index in [4.69, 9.17) is 0 Å². The van der Waals surface area contributed by atoms with Gasteiger partial charge in [0.2, 0.25) is 0 Å². The molecule has 0 saturated heterocycles. The SMILES string of the molecule is Cc1ccc(C(C)(C)C)cc1CC(C)(C)c1ccc(C(F)(F)F)cc1. The van der Waals surface area contributed by atoms with Crippen molar-refractivity contribution >= 4 is 0 Å². The van der Waals surface area contributed by atoms with Crippen LogP contribution in [0.15, 0.2) is 42.5 Å². The summed E-state index contributed by atoms with van der Waals surface area (Å²) in [6.07, 6.45) is -3.51. The fraction of sp³-hybridized carbons (Fsp3) is 0.455. The van der Waals surface area contributed by atoms with Gasteiger partial charge in [0, 0.05) is 0 Å². The van der Waals surface area contributed by atoms with Gasteiger partial charge < -0.3 is 0 Å². The highest BCUT2D eigenvalue weighted by atomic mass is 19.4.